The van der Waals surface area contributed by atoms with Crippen LogP contribution in [0.2, 0.25) is 0 Å². The maximum absolute atomic E-state index is 11.1. The fraction of sp³-hybridized carbons (Fsp3) is 0.714. The molecule has 5 nitrogen and oxygen atoms in total. The van der Waals surface area contributed by atoms with Crippen molar-refractivity contribution in [2.75, 3.05) is 6.61 Å². The van der Waals surface area contributed by atoms with E-state index in [0.717, 1.165) is 12.8 Å². The largest absolute Gasteiger partial charge is 0.478 e. The maximum Gasteiger partial charge on any atom is 0.349 e. The highest BCUT2D eigenvalue weighted by Crippen LogP contribution is 2.32. The highest BCUT2D eigenvalue weighted by atomic mass is 16.6. The van der Waals surface area contributed by atoms with Gasteiger partial charge in [0, 0.05) is 13.0 Å². The average Bonchev–Trinajstić information content (AvgIpc) is 2.25. The topological polar surface area (TPSA) is 72.8 Å². The Bertz CT molecular complexity index is 362. The SMILES string of the molecule is CCCCOC(C)(C)/C=C/C[C@]1(C(=O)O)CC(=O)O1. The molecule has 1 aliphatic rings. The molecule has 1 fully saturated rings. The molecule has 1 aliphatic heterocycles. The van der Waals surface area contributed by atoms with Crippen LogP contribution in [-0.2, 0) is 19.1 Å². The fourth-order valence-electron chi connectivity index (χ4n) is 1.82. The number of unbranched alkanes of at least 4 members (excludes halogenated alkanes) is 1. The summed E-state index contributed by atoms with van der Waals surface area (Å²) in [5.74, 6) is -1.56. The van der Waals surface area contributed by atoms with Crippen LogP contribution in [0.3, 0.4) is 0 Å². The van der Waals surface area contributed by atoms with Crippen LogP contribution in [0.1, 0.15) is 46.5 Å². The Balaban J connectivity index is 2.47. The molecular formula is C14H22O5. The van der Waals surface area contributed by atoms with Crippen molar-refractivity contribution < 1.29 is 24.2 Å². The summed E-state index contributed by atoms with van der Waals surface area (Å²) in [6, 6.07) is 0. The molecule has 1 rings (SSSR count). The Hall–Kier alpha value is -1.36. The normalized spacial score (nSPS) is 23.2. The fourth-order valence-corrected chi connectivity index (χ4v) is 1.82. The third-order valence-electron chi connectivity index (χ3n) is 3.07. The van der Waals surface area contributed by atoms with Crippen LogP contribution >= 0.6 is 0 Å². The van der Waals surface area contributed by atoms with Gasteiger partial charge in [-0.1, -0.05) is 25.5 Å². The molecule has 0 amide bonds. The van der Waals surface area contributed by atoms with E-state index >= 15 is 0 Å². The number of carbonyl (C=O) groups excluding carboxylic acids is 1. The van der Waals surface area contributed by atoms with Crippen LogP contribution in [0.15, 0.2) is 12.2 Å². The van der Waals surface area contributed by atoms with Crippen molar-refractivity contribution in [2.45, 2.75) is 57.7 Å². The first-order valence-corrected chi connectivity index (χ1v) is 6.58. The first-order chi connectivity index (χ1) is 8.81. The lowest BCUT2D eigenvalue weighted by atomic mass is 9.89. The van der Waals surface area contributed by atoms with E-state index in [1.54, 1.807) is 6.08 Å². The molecule has 1 N–H and O–H groups in total. The molecular weight excluding hydrogens is 248 g/mol. The molecule has 0 bridgehead atoms. The Kier molecular flexibility index (Phi) is 5.11. The predicted octanol–water partition coefficient (Wildman–Crippen LogP) is 2.30. The lowest BCUT2D eigenvalue weighted by molar-refractivity contribution is -0.203. The molecule has 0 aliphatic carbocycles. The second-order valence-corrected chi connectivity index (χ2v) is 5.36. The van der Waals surface area contributed by atoms with Gasteiger partial charge in [0.1, 0.15) is 0 Å². The van der Waals surface area contributed by atoms with Crippen LogP contribution in [0.25, 0.3) is 0 Å². The molecule has 0 saturated carbocycles. The van der Waals surface area contributed by atoms with Gasteiger partial charge < -0.3 is 14.6 Å². The van der Waals surface area contributed by atoms with Crippen molar-refractivity contribution in [1.82, 2.24) is 0 Å². The summed E-state index contributed by atoms with van der Waals surface area (Å²) in [6.45, 7) is 6.60. The third-order valence-corrected chi connectivity index (χ3v) is 3.07. The van der Waals surface area contributed by atoms with E-state index < -0.39 is 23.1 Å². The van der Waals surface area contributed by atoms with Crippen molar-refractivity contribution in [3.8, 4) is 0 Å². The highest BCUT2D eigenvalue weighted by molar-refractivity contribution is 5.92. The van der Waals surface area contributed by atoms with E-state index in [1.165, 1.54) is 0 Å². The summed E-state index contributed by atoms with van der Waals surface area (Å²) in [6.07, 6.45) is 5.70. The zero-order chi connectivity index (χ0) is 14.5. The molecule has 1 heterocycles. The van der Waals surface area contributed by atoms with Crippen molar-refractivity contribution in [3.63, 3.8) is 0 Å². The Morgan fingerprint density at radius 2 is 2.21 bits per heavy atom. The first kappa shape index (κ1) is 15.7. The van der Waals surface area contributed by atoms with Gasteiger partial charge in [-0.2, -0.15) is 0 Å². The summed E-state index contributed by atoms with van der Waals surface area (Å²) in [5.41, 5.74) is -1.81. The number of rotatable bonds is 8. The molecule has 19 heavy (non-hydrogen) atoms. The van der Waals surface area contributed by atoms with Crippen LogP contribution < -0.4 is 0 Å². The predicted molar refractivity (Wildman–Crippen MR) is 69.8 cm³/mol. The molecule has 0 unspecified atom stereocenters. The number of aliphatic carboxylic acids is 1. The van der Waals surface area contributed by atoms with Crippen molar-refractivity contribution in [3.05, 3.63) is 12.2 Å². The molecule has 0 aromatic heterocycles. The number of hydrogen-bond acceptors (Lipinski definition) is 4. The van der Waals surface area contributed by atoms with Crippen molar-refractivity contribution in [2.24, 2.45) is 0 Å². The van der Waals surface area contributed by atoms with Crippen LogP contribution in [0.5, 0.6) is 0 Å². The number of esters is 1. The average molecular weight is 270 g/mol. The smallest absolute Gasteiger partial charge is 0.349 e. The van der Waals surface area contributed by atoms with E-state index in [2.05, 4.69) is 6.92 Å². The van der Waals surface area contributed by atoms with Crippen LogP contribution in [-0.4, -0.2) is 34.9 Å². The summed E-state index contributed by atoms with van der Waals surface area (Å²) in [5, 5.41) is 9.06. The summed E-state index contributed by atoms with van der Waals surface area (Å²) >= 11 is 0. The van der Waals surface area contributed by atoms with Crippen LogP contribution in [0.4, 0.5) is 0 Å². The van der Waals surface area contributed by atoms with E-state index in [4.69, 9.17) is 14.6 Å². The second kappa shape index (κ2) is 6.19. The summed E-state index contributed by atoms with van der Waals surface area (Å²) < 4.78 is 10.4. The van der Waals surface area contributed by atoms with Gasteiger partial charge in [-0.3, -0.25) is 4.79 Å². The van der Waals surface area contributed by atoms with Gasteiger partial charge >= 0.3 is 11.9 Å². The van der Waals surface area contributed by atoms with Gasteiger partial charge in [0.05, 0.1) is 12.0 Å². The number of carboxylic acids is 1. The quantitative estimate of drug-likeness (QED) is 0.416. The van der Waals surface area contributed by atoms with E-state index in [-0.39, 0.29) is 12.8 Å². The minimum atomic E-state index is -1.37. The highest BCUT2D eigenvalue weighted by Gasteiger charge is 2.52. The van der Waals surface area contributed by atoms with Gasteiger partial charge in [0.2, 0.25) is 5.60 Å². The minimum absolute atomic E-state index is 0.0657. The van der Waals surface area contributed by atoms with Crippen molar-refractivity contribution >= 4 is 11.9 Å². The van der Waals surface area contributed by atoms with E-state index in [1.807, 2.05) is 19.9 Å². The molecule has 0 aromatic carbocycles. The third kappa shape index (κ3) is 4.35. The van der Waals surface area contributed by atoms with Gasteiger partial charge in [0.15, 0.2) is 0 Å². The molecule has 108 valence electrons. The number of cyclic esters (lactones) is 1. The lowest BCUT2D eigenvalue weighted by Crippen LogP contribution is -2.53. The molecule has 1 atom stereocenters. The number of carboxylic acid groups (broad SMARTS) is 1. The van der Waals surface area contributed by atoms with E-state index in [9.17, 15) is 9.59 Å². The van der Waals surface area contributed by atoms with Crippen molar-refractivity contribution in [1.29, 1.82) is 0 Å². The lowest BCUT2D eigenvalue weighted by Gasteiger charge is -2.35. The van der Waals surface area contributed by atoms with Gasteiger partial charge in [-0.25, -0.2) is 4.79 Å². The summed E-state index contributed by atoms with van der Waals surface area (Å²) in [7, 11) is 0. The molecule has 0 spiro atoms. The number of ether oxygens (including phenoxy) is 2. The maximum atomic E-state index is 11.1. The molecule has 0 radical (unpaired) electrons. The monoisotopic (exact) mass is 270 g/mol. The zero-order valence-electron chi connectivity index (χ0n) is 11.8. The Morgan fingerprint density at radius 1 is 1.58 bits per heavy atom. The second-order valence-electron chi connectivity index (χ2n) is 5.36. The van der Waals surface area contributed by atoms with E-state index in [0.29, 0.717) is 6.61 Å². The molecule has 5 heteroatoms. The number of hydrogen-bond donors (Lipinski definition) is 1. The number of carbonyl (C=O) groups is 2. The standard InChI is InChI=1S/C14H22O5/c1-4-5-9-18-13(2,3)7-6-8-14(12(16)17)10-11(15)19-14/h6-7H,4-5,8-10H2,1-3H3,(H,16,17)/b7-6+/t14-/m1/s1. The van der Waals surface area contributed by atoms with Gasteiger partial charge in [-0.15, -0.1) is 0 Å². The minimum Gasteiger partial charge on any atom is -0.478 e. The Labute approximate surface area is 113 Å². The molecule has 1 saturated heterocycles. The molecule has 0 aromatic rings. The van der Waals surface area contributed by atoms with Gasteiger partial charge in [0.25, 0.3) is 0 Å². The first-order valence-electron chi connectivity index (χ1n) is 6.58. The summed E-state index contributed by atoms with van der Waals surface area (Å²) in [4.78, 5) is 21.9. The van der Waals surface area contributed by atoms with Gasteiger partial charge in [-0.05, 0) is 20.3 Å². The zero-order valence-corrected chi connectivity index (χ0v) is 11.8. The van der Waals surface area contributed by atoms with Crippen LogP contribution in [0, 0.1) is 0 Å². The Morgan fingerprint density at radius 3 is 2.68 bits per heavy atom.